The second-order valence-electron chi connectivity index (χ2n) is 6.76. The van der Waals surface area contributed by atoms with Crippen molar-refractivity contribution < 1.29 is 19.8 Å². The van der Waals surface area contributed by atoms with Gasteiger partial charge in [-0.05, 0) is 43.2 Å². The zero-order valence-corrected chi connectivity index (χ0v) is 16.6. The Morgan fingerprint density at radius 3 is 2.57 bits per heavy atom. The number of rotatable bonds is 8. The number of ketones is 1. The van der Waals surface area contributed by atoms with Crippen LogP contribution >= 0.6 is 11.3 Å². The molecule has 0 amide bonds. The molecule has 2 heterocycles. The zero-order chi connectivity index (χ0) is 20.3. The Hall–Kier alpha value is -2.93. The van der Waals surface area contributed by atoms with Crippen LogP contribution < -0.4 is 0 Å². The molecule has 0 bridgehead atoms. The maximum absolute atomic E-state index is 12.7. The fourth-order valence-corrected chi connectivity index (χ4v) is 4.04. The van der Waals surface area contributed by atoms with Crippen molar-refractivity contribution in [2.75, 3.05) is 0 Å². The van der Waals surface area contributed by atoms with Crippen molar-refractivity contribution in [1.82, 2.24) is 9.55 Å². The van der Waals surface area contributed by atoms with Crippen LogP contribution in [-0.2, 0) is 24.2 Å². The van der Waals surface area contributed by atoms with Crippen LogP contribution in [0.3, 0.4) is 0 Å². The van der Waals surface area contributed by atoms with E-state index in [4.69, 9.17) is 0 Å². The Morgan fingerprint density at radius 1 is 1.21 bits per heavy atom. The van der Waals surface area contributed by atoms with E-state index in [9.17, 15) is 19.8 Å². The largest absolute Gasteiger partial charge is 0.508 e. The first-order chi connectivity index (χ1) is 13.4. The minimum Gasteiger partial charge on any atom is -0.508 e. The van der Waals surface area contributed by atoms with E-state index in [0.29, 0.717) is 18.5 Å². The minimum absolute atomic E-state index is 0.0101. The predicted molar refractivity (Wildman–Crippen MR) is 108 cm³/mol. The minimum atomic E-state index is -1.01. The normalized spacial score (nSPS) is 12.1. The Kier molecular flexibility index (Phi) is 5.94. The van der Waals surface area contributed by atoms with E-state index in [1.165, 1.54) is 11.3 Å². The number of aromatic nitrogens is 2. The van der Waals surface area contributed by atoms with E-state index in [1.807, 2.05) is 13.8 Å². The lowest BCUT2D eigenvalue weighted by atomic mass is 9.96. The average molecular weight is 398 g/mol. The summed E-state index contributed by atoms with van der Waals surface area (Å²) in [6, 6.07) is 6.84. The van der Waals surface area contributed by atoms with Crippen molar-refractivity contribution >= 4 is 23.1 Å². The van der Waals surface area contributed by atoms with Crippen LogP contribution in [-0.4, -0.2) is 31.5 Å². The fraction of sp³-hybridized carbons (Fsp3) is 0.286. The summed E-state index contributed by atoms with van der Waals surface area (Å²) in [5.74, 6) is -1.03. The van der Waals surface area contributed by atoms with Gasteiger partial charge < -0.3 is 14.8 Å². The summed E-state index contributed by atoms with van der Waals surface area (Å²) in [5, 5.41) is 19.6. The number of carboxylic acid groups (broad SMARTS) is 1. The van der Waals surface area contributed by atoms with Gasteiger partial charge in [-0.2, -0.15) is 0 Å². The van der Waals surface area contributed by atoms with Crippen molar-refractivity contribution in [3.63, 3.8) is 0 Å². The third kappa shape index (κ3) is 4.48. The molecule has 0 aliphatic carbocycles. The highest BCUT2D eigenvalue weighted by atomic mass is 32.1. The molecular weight excluding hydrogens is 376 g/mol. The van der Waals surface area contributed by atoms with E-state index in [0.717, 1.165) is 15.4 Å². The maximum Gasteiger partial charge on any atom is 0.337 e. The number of carboxylic acids is 1. The van der Waals surface area contributed by atoms with Crippen LogP contribution in [0.2, 0.25) is 0 Å². The van der Waals surface area contributed by atoms with Gasteiger partial charge in [0.15, 0.2) is 0 Å². The van der Waals surface area contributed by atoms with Gasteiger partial charge in [-0.15, -0.1) is 11.3 Å². The molecule has 1 unspecified atom stereocenters. The number of carbonyl (C=O) groups is 2. The molecular formula is C21H22N2O4S. The third-order valence-electron chi connectivity index (χ3n) is 4.65. The molecule has 3 aromatic rings. The molecule has 1 atom stereocenters. The summed E-state index contributed by atoms with van der Waals surface area (Å²) in [7, 11) is 0. The van der Waals surface area contributed by atoms with Crippen molar-refractivity contribution in [3.8, 4) is 16.3 Å². The molecule has 28 heavy (non-hydrogen) atoms. The molecule has 0 saturated heterocycles. The van der Waals surface area contributed by atoms with Crippen molar-refractivity contribution in [1.29, 1.82) is 0 Å². The summed E-state index contributed by atoms with van der Waals surface area (Å²) < 4.78 is 1.78. The topological polar surface area (TPSA) is 92.4 Å². The van der Waals surface area contributed by atoms with Crippen LogP contribution in [0, 0.1) is 5.92 Å². The predicted octanol–water partition coefficient (Wildman–Crippen LogP) is 4.03. The number of benzene rings is 1. The van der Waals surface area contributed by atoms with Gasteiger partial charge in [0.1, 0.15) is 16.5 Å². The Labute approximate surface area is 167 Å². The van der Waals surface area contributed by atoms with Gasteiger partial charge in [-0.3, -0.25) is 4.79 Å². The number of aromatic hydroxyl groups is 1. The van der Waals surface area contributed by atoms with E-state index >= 15 is 0 Å². The average Bonchev–Trinajstić information content (AvgIpc) is 3.29. The smallest absolute Gasteiger partial charge is 0.337 e. The van der Waals surface area contributed by atoms with E-state index in [-0.39, 0.29) is 29.4 Å². The standard InChI is InChI=1S/C21H22N2O4S/c1-3-23-11-15(18(12-23)21(26)27)9-19(25)13(2)8-17-10-22-20(28-17)14-4-6-16(24)7-5-14/h4-7,10-13,24H,3,8-9H2,1-2H3,(H,26,27). The van der Waals surface area contributed by atoms with Crippen LogP contribution in [0.5, 0.6) is 5.75 Å². The van der Waals surface area contributed by atoms with Gasteiger partial charge in [-0.1, -0.05) is 6.92 Å². The molecule has 1 aromatic carbocycles. The molecule has 0 aliphatic rings. The fourth-order valence-electron chi connectivity index (χ4n) is 2.99. The molecule has 6 nitrogen and oxygen atoms in total. The monoisotopic (exact) mass is 398 g/mol. The number of Topliss-reactive ketones (excluding diaryl/α,β-unsaturated/α-hetero) is 1. The van der Waals surface area contributed by atoms with Crippen LogP contribution in [0.25, 0.3) is 10.6 Å². The van der Waals surface area contributed by atoms with Crippen LogP contribution in [0.1, 0.15) is 34.6 Å². The molecule has 2 aromatic heterocycles. The molecule has 7 heteroatoms. The second-order valence-corrected chi connectivity index (χ2v) is 7.87. The summed E-state index contributed by atoms with van der Waals surface area (Å²) in [4.78, 5) is 29.5. The number of aryl methyl sites for hydroxylation is 1. The second kappa shape index (κ2) is 8.39. The zero-order valence-electron chi connectivity index (χ0n) is 15.8. The summed E-state index contributed by atoms with van der Waals surface area (Å²) in [6.45, 7) is 4.44. The number of phenols is 1. The number of hydrogen-bond acceptors (Lipinski definition) is 5. The van der Waals surface area contributed by atoms with Gasteiger partial charge in [0.2, 0.25) is 0 Å². The highest BCUT2D eigenvalue weighted by molar-refractivity contribution is 7.15. The molecule has 0 spiro atoms. The lowest BCUT2D eigenvalue weighted by molar-refractivity contribution is -0.121. The Balaban J connectivity index is 1.67. The number of carbonyl (C=O) groups excluding carboxylic acids is 1. The van der Waals surface area contributed by atoms with Crippen molar-refractivity contribution in [2.24, 2.45) is 5.92 Å². The van der Waals surface area contributed by atoms with Crippen molar-refractivity contribution in [3.05, 3.63) is 58.9 Å². The first-order valence-electron chi connectivity index (χ1n) is 9.06. The Bertz CT molecular complexity index is 988. The molecule has 146 valence electrons. The van der Waals surface area contributed by atoms with Crippen molar-refractivity contribution in [2.45, 2.75) is 33.2 Å². The quantitative estimate of drug-likeness (QED) is 0.598. The molecule has 0 radical (unpaired) electrons. The Morgan fingerprint density at radius 2 is 1.93 bits per heavy atom. The first kappa shape index (κ1) is 19.8. The van der Waals surface area contributed by atoms with Crippen LogP contribution in [0.4, 0.5) is 0 Å². The number of phenolic OH excluding ortho intramolecular Hbond substituents is 1. The molecule has 0 aliphatic heterocycles. The van der Waals surface area contributed by atoms with E-state index < -0.39 is 5.97 Å². The molecule has 0 saturated carbocycles. The van der Waals surface area contributed by atoms with E-state index in [1.54, 1.807) is 47.4 Å². The lowest BCUT2D eigenvalue weighted by Gasteiger charge is -2.08. The van der Waals surface area contributed by atoms with Gasteiger partial charge >= 0.3 is 5.97 Å². The number of hydrogen-bond donors (Lipinski definition) is 2. The third-order valence-corrected chi connectivity index (χ3v) is 5.72. The van der Waals surface area contributed by atoms with Gasteiger partial charge in [0.25, 0.3) is 0 Å². The number of thiazole rings is 1. The highest BCUT2D eigenvalue weighted by Gasteiger charge is 2.20. The van der Waals surface area contributed by atoms with Crippen LogP contribution in [0.15, 0.2) is 42.9 Å². The lowest BCUT2D eigenvalue weighted by Crippen LogP contribution is -2.16. The van der Waals surface area contributed by atoms with E-state index in [2.05, 4.69) is 4.98 Å². The SMILES string of the molecule is CCn1cc(CC(=O)C(C)Cc2cnc(-c3ccc(O)cc3)s2)c(C(=O)O)c1. The highest BCUT2D eigenvalue weighted by Crippen LogP contribution is 2.28. The van der Waals surface area contributed by atoms with Gasteiger partial charge in [0.05, 0.1) is 5.56 Å². The molecule has 2 N–H and O–H groups in total. The summed E-state index contributed by atoms with van der Waals surface area (Å²) in [6.07, 6.45) is 5.75. The first-order valence-corrected chi connectivity index (χ1v) is 9.87. The molecule has 3 rings (SSSR count). The maximum atomic E-state index is 12.7. The summed E-state index contributed by atoms with van der Waals surface area (Å²) in [5.41, 5.74) is 1.66. The number of nitrogens with zero attached hydrogens (tertiary/aromatic N) is 2. The van der Waals surface area contributed by atoms with Gasteiger partial charge in [0, 0.05) is 47.9 Å². The summed E-state index contributed by atoms with van der Waals surface area (Å²) >= 11 is 1.52. The molecule has 0 fully saturated rings. The number of aromatic carboxylic acids is 1. The van der Waals surface area contributed by atoms with Gasteiger partial charge in [-0.25, -0.2) is 9.78 Å².